The summed E-state index contributed by atoms with van der Waals surface area (Å²) in [6.45, 7) is 8.68. The van der Waals surface area contributed by atoms with Crippen LogP contribution >= 0.6 is 0 Å². The Kier molecular flexibility index (Phi) is 3.87. The van der Waals surface area contributed by atoms with Gasteiger partial charge in [-0.2, -0.15) is 0 Å². The minimum atomic E-state index is -0.00131. The number of rotatable bonds is 3. The van der Waals surface area contributed by atoms with E-state index in [4.69, 9.17) is 0 Å². The van der Waals surface area contributed by atoms with E-state index < -0.39 is 0 Å². The summed E-state index contributed by atoms with van der Waals surface area (Å²) in [4.78, 5) is 14.3. The van der Waals surface area contributed by atoms with Crippen LogP contribution < -0.4 is 5.32 Å². The average Bonchev–Trinajstić information content (AvgIpc) is 2.73. The number of hydrogen-bond acceptors (Lipinski definition) is 2. The molecule has 2 aliphatic heterocycles. The van der Waals surface area contributed by atoms with Gasteiger partial charge in [0.15, 0.2) is 0 Å². The zero-order valence-corrected chi connectivity index (χ0v) is 10.4. The highest BCUT2D eigenvalue weighted by atomic mass is 16.2. The fraction of sp³-hybridized carbons (Fsp3) is 0.643. The summed E-state index contributed by atoms with van der Waals surface area (Å²) in [5.41, 5.74) is 0. The minimum absolute atomic E-state index is 0.00131. The molecule has 0 aromatic carbocycles. The number of carbonyl (C=O) groups excluding carboxylic acids is 1. The Balaban J connectivity index is 2.04. The fourth-order valence-corrected chi connectivity index (χ4v) is 3.04. The monoisotopic (exact) mass is 234 g/mol. The lowest BCUT2D eigenvalue weighted by Gasteiger charge is -2.30. The zero-order chi connectivity index (χ0) is 12.3. The predicted octanol–water partition coefficient (Wildman–Crippen LogP) is 2.07. The van der Waals surface area contributed by atoms with Crippen LogP contribution in [0.2, 0.25) is 0 Å². The van der Waals surface area contributed by atoms with Gasteiger partial charge in [-0.3, -0.25) is 4.79 Å². The van der Waals surface area contributed by atoms with Crippen molar-refractivity contribution in [2.75, 3.05) is 6.54 Å². The number of carbonyl (C=O) groups is 1. The molecule has 3 nitrogen and oxygen atoms in total. The first-order valence-electron chi connectivity index (χ1n) is 6.57. The van der Waals surface area contributed by atoms with E-state index in [0.29, 0.717) is 6.04 Å². The maximum absolute atomic E-state index is 12.0. The number of nitrogens with zero attached hydrogens (tertiary/aromatic N) is 1. The quantitative estimate of drug-likeness (QED) is 0.758. The maximum atomic E-state index is 12.0. The van der Waals surface area contributed by atoms with Crippen LogP contribution in [-0.4, -0.2) is 29.4 Å². The van der Waals surface area contributed by atoms with Crippen molar-refractivity contribution in [1.82, 2.24) is 10.2 Å². The van der Waals surface area contributed by atoms with Crippen molar-refractivity contribution in [1.29, 1.82) is 0 Å². The van der Waals surface area contributed by atoms with Crippen LogP contribution in [0.5, 0.6) is 0 Å². The Morgan fingerprint density at radius 1 is 1.24 bits per heavy atom. The van der Waals surface area contributed by atoms with E-state index in [1.807, 2.05) is 6.20 Å². The van der Waals surface area contributed by atoms with E-state index in [9.17, 15) is 4.79 Å². The third kappa shape index (κ3) is 2.54. The SMILES string of the molecule is C=CC1CCCC(C2CCCN2C=C)NC1=O. The molecule has 2 aliphatic rings. The first kappa shape index (κ1) is 12.2. The Morgan fingerprint density at radius 2 is 2.06 bits per heavy atom. The largest absolute Gasteiger partial charge is 0.373 e. The molecule has 17 heavy (non-hydrogen) atoms. The summed E-state index contributed by atoms with van der Waals surface area (Å²) < 4.78 is 0. The van der Waals surface area contributed by atoms with Gasteiger partial charge in [-0.25, -0.2) is 0 Å². The molecule has 0 bridgehead atoms. The van der Waals surface area contributed by atoms with E-state index in [2.05, 4.69) is 23.4 Å². The Labute approximate surface area is 104 Å². The summed E-state index contributed by atoms with van der Waals surface area (Å²) >= 11 is 0. The maximum Gasteiger partial charge on any atom is 0.227 e. The van der Waals surface area contributed by atoms with E-state index in [1.54, 1.807) is 6.08 Å². The standard InChI is InChI=1S/C14H22N2O/c1-3-11-7-5-8-12(15-14(11)17)13-9-6-10-16(13)4-2/h3-4,11-13H,1-2,5-10H2,(H,15,17). The summed E-state index contributed by atoms with van der Waals surface area (Å²) in [6.07, 6.45) is 9.17. The Bertz CT molecular complexity index is 313. The van der Waals surface area contributed by atoms with Crippen LogP contribution in [0.3, 0.4) is 0 Å². The third-order valence-electron chi connectivity index (χ3n) is 4.02. The lowest BCUT2D eigenvalue weighted by Crippen LogP contribution is -2.47. The van der Waals surface area contributed by atoms with Gasteiger partial charge in [0.1, 0.15) is 0 Å². The molecule has 2 fully saturated rings. The highest BCUT2D eigenvalue weighted by Crippen LogP contribution is 2.26. The van der Waals surface area contributed by atoms with E-state index in [-0.39, 0.29) is 17.9 Å². The third-order valence-corrected chi connectivity index (χ3v) is 4.02. The van der Waals surface area contributed by atoms with Crippen LogP contribution in [0.4, 0.5) is 0 Å². The minimum Gasteiger partial charge on any atom is -0.373 e. The molecule has 3 atom stereocenters. The highest BCUT2D eigenvalue weighted by molar-refractivity contribution is 5.80. The Hall–Kier alpha value is -1.25. The molecule has 0 aliphatic carbocycles. The van der Waals surface area contributed by atoms with Crippen molar-refractivity contribution in [2.45, 2.75) is 44.2 Å². The predicted molar refractivity (Wildman–Crippen MR) is 69.4 cm³/mol. The molecule has 2 saturated heterocycles. The van der Waals surface area contributed by atoms with Gasteiger partial charge in [-0.15, -0.1) is 6.58 Å². The topological polar surface area (TPSA) is 32.3 Å². The molecule has 0 saturated carbocycles. The van der Waals surface area contributed by atoms with Crippen LogP contribution in [0.1, 0.15) is 32.1 Å². The van der Waals surface area contributed by atoms with Gasteiger partial charge in [-0.05, 0) is 31.9 Å². The molecule has 0 spiro atoms. The van der Waals surface area contributed by atoms with Crippen LogP contribution in [0.25, 0.3) is 0 Å². The lowest BCUT2D eigenvalue weighted by molar-refractivity contribution is -0.124. The number of amides is 1. The molecule has 2 heterocycles. The average molecular weight is 234 g/mol. The van der Waals surface area contributed by atoms with Crippen LogP contribution in [0, 0.1) is 5.92 Å². The van der Waals surface area contributed by atoms with Crippen molar-refractivity contribution < 1.29 is 4.79 Å². The highest BCUT2D eigenvalue weighted by Gasteiger charge is 2.33. The normalized spacial score (nSPS) is 34.0. The molecule has 1 N–H and O–H groups in total. The second-order valence-electron chi connectivity index (χ2n) is 5.02. The molecule has 94 valence electrons. The van der Waals surface area contributed by atoms with Gasteiger partial charge in [0.25, 0.3) is 0 Å². The summed E-state index contributed by atoms with van der Waals surface area (Å²) in [5, 5.41) is 3.19. The van der Waals surface area contributed by atoms with Gasteiger partial charge < -0.3 is 10.2 Å². The lowest BCUT2D eigenvalue weighted by atomic mass is 9.99. The first-order valence-corrected chi connectivity index (χ1v) is 6.57. The number of nitrogens with one attached hydrogen (secondary N) is 1. The van der Waals surface area contributed by atoms with Crippen molar-refractivity contribution in [2.24, 2.45) is 5.92 Å². The zero-order valence-electron chi connectivity index (χ0n) is 10.4. The fourth-order valence-electron chi connectivity index (χ4n) is 3.04. The van der Waals surface area contributed by atoms with Gasteiger partial charge in [-0.1, -0.05) is 19.1 Å². The molecule has 2 rings (SSSR count). The van der Waals surface area contributed by atoms with Gasteiger partial charge in [0, 0.05) is 18.6 Å². The molecule has 3 unspecified atom stereocenters. The summed E-state index contributed by atoms with van der Waals surface area (Å²) in [5.74, 6) is 0.150. The van der Waals surface area contributed by atoms with E-state index in [0.717, 1.165) is 32.2 Å². The summed E-state index contributed by atoms with van der Waals surface area (Å²) in [6, 6.07) is 0.730. The first-order chi connectivity index (χ1) is 8.26. The number of hydrogen-bond donors (Lipinski definition) is 1. The smallest absolute Gasteiger partial charge is 0.227 e. The molecule has 1 amide bonds. The van der Waals surface area contributed by atoms with Crippen molar-refractivity contribution in [3.05, 3.63) is 25.4 Å². The van der Waals surface area contributed by atoms with Crippen molar-refractivity contribution in [3.8, 4) is 0 Å². The molecular weight excluding hydrogens is 212 g/mol. The second kappa shape index (κ2) is 5.39. The summed E-state index contributed by atoms with van der Waals surface area (Å²) in [7, 11) is 0. The molecule has 0 radical (unpaired) electrons. The second-order valence-corrected chi connectivity index (χ2v) is 5.02. The van der Waals surface area contributed by atoms with Crippen LogP contribution in [0.15, 0.2) is 25.4 Å². The number of likely N-dealkylation sites (tertiary alicyclic amines) is 1. The van der Waals surface area contributed by atoms with Gasteiger partial charge in [0.05, 0.1) is 5.92 Å². The Morgan fingerprint density at radius 3 is 2.76 bits per heavy atom. The van der Waals surface area contributed by atoms with E-state index in [1.165, 1.54) is 6.42 Å². The van der Waals surface area contributed by atoms with Crippen LogP contribution in [-0.2, 0) is 4.79 Å². The van der Waals surface area contributed by atoms with Gasteiger partial charge in [0.2, 0.25) is 5.91 Å². The van der Waals surface area contributed by atoms with Crippen molar-refractivity contribution >= 4 is 5.91 Å². The molecule has 0 aromatic rings. The van der Waals surface area contributed by atoms with E-state index >= 15 is 0 Å². The van der Waals surface area contributed by atoms with Gasteiger partial charge >= 0.3 is 0 Å². The van der Waals surface area contributed by atoms with Crippen molar-refractivity contribution in [3.63, 3.8) is 0 Å². The molecule has 0 aromatic heterocycles. The molecular formula is C14H22N2O. The molecule has 3 heteroatoms.